The van der Waals surface area contributed by atoms with E-state index in [9.17, 15) is 0 Å². The first-order valence-electron chi connectivity index (χ1n) is 17.9. The molecule has 254 valence electrons. The highest BCUT2D eigenvalue weighted by Crippen LogP contribution is 2.34. The van der Waals surface area contributed by atoms with E-state index in [1.165, 1.54) is 0 Å². The lowest BCUT2D eigenvalue weighted by atomic mass is 9.99. The SMILES string of the molecule is c1ccc(-c2cc(-c3ccccc3)nc(-c3cc(-c4ccccc4)cc(-c4ccc(-c5nc(-c6ccccc6)cc(-c6ccccc6)n5)cn4)n3)c2)cc1. The van der Waals surface area contributed by atoms with Gasteiger partial charge in [0.05, 0.1) is 39.9 Å². The van der Waals surface area contributed by atoms with E-state index >= 15 is 0 Å². The van der Waals surface area contributed by atoms with Gasteiger partial charge in [0, 0.05) is 28.5 Å². The fourth-order valence-electron chi connectivity index (χ4n) is 6.57. The lowest BCUT2D eigenvalue weighted by Gasteiger charge is -2.13. The predicted molar refractivity (Wildman–Crippen MR) is 219 cm³/mol. The van der Waals surface area contributed by atoms with E-state index in [-0.39, 0.29) is 0 Å². The minimum absolute atomic E-state index is 0.608. The minimum atomic E-state index is 0.608. The molecule has 54 heavy (non-hydrogen) atoms. The fraction of sp³-hybridized carbons (Fsp3) is 0. The molecular weight excluding hydrogens is 659 g/mol. The summed E-state index contributed by atoms with van der Waals surface area (Å²) in [6, 6.07) is 66.0. The molecule has 0 aliphatic carbocycles. The predicted octanol–water partition coefficient (Wildman–Crippen LogP) is 12.0. The Morgan fingerprint density at radius 3 is 0.981 bits per heavy atom. The zero-order valence-electron chi connectivity index (χ0n) is 29.3. The van der Waals surface area contributed by atoms with Crippen molar-refractivity contribution in [2.45, 2.75) is 0 Å². The summed E-state index contributed by atoms with van der Waals surface area (Å²) in [4.78, 5) is 25.4. The van der Waals surface area contributed by atoms with Crippen molar-refractivity contribution in [1.82, 2.24) is 24.9 Å². The number of hydrogen-bond donors (Lipinski definition) is 0. The Morgan fingerprint density at radius 2 is 0.574 bits per heavy atom. The van der Waals surface area contributed by atoms with Crippen molar-refractivity contribution in [1.29, 1.82) is 0 Å². The molecule has 0 spiro atoms. The highest BCUT2D eigenvalue weighted by molar-refractivity contribution is 5.80. The molecule has 0 aliphatic heterocycles. The summed E-state index contributed by atoms with van der Waals surface area (Å²) in [5, 5.41) is 0. The van der Waals surface area contributed by atoms with Crippen molar-refractivity contribution in [2.24, 2.45) is 0 Å². The largest absolute Gasteiger partial charge is 0.254 e. The summed E-state index contributed by atoms with van der Waals surface area (Å²) in [7, 11) is 0. The number of benzene rings is 5. The Balaban J connectivity index is 1.16. The molecule has 0 aliphatic rings. The van der Waals surface area contributed by atoms with Crippen LogP contribution in [0, 0.1) is 0 Å². The molecule has 0 radical (unpaired) electrons. The van der Waals surface area contributed by atoms with Gasteiger partial charge in [-0.2, -0.15) is 0 Å². The standard InChI is InChI=1S/C49H33N5/c1-6-16-34(17-7-1)40-28-43(36-20-10-3-11-21-36)51-47(30-40)48-31-41(35-18-8-2-9-19-35)29-46(52-48)42-27-26-39(33-50-42)49-53-44(37-22-12-4-13-23-37)32-45(54-49)38-24-14-5-15-25-38/h1-33H. The average molecular weight is 692 g/mol. The number of rotatable bonds is 8. The molecule has 0 bridgehead atoms. The molecule has 0 fully saturated rings. The van der Waals surface area contributed by atoms with Crippen LogP contribution >= 0.6 is 0 Å². The highest BCUT2D eigenvalue weighted by Gasteiger charge is 2.16. The highest BCUT2D eigenvalue weighted by atomic mass is 14.9. The molecular formula is C49H33N5. The second kappa shape index (κ2) is 14.7. The molecule has 4 aromatic heterocycles. The van der Waals surface area contributed by atoms with Crippen LogP contribution in [0.15, 0.2) is 200 Å². The van der Waals surface area contributed by atoms with Crippen LogP contribution < -0.4 is 0 Å². The van der Waals surface area contributed by atoms with Crippen LogP contribution in [0.3, 0.4) is 0 Å². The second-order valence-electron chi connectivity index (χ2n) is 13.0. The van der Waals surface area contributed by atoms with E-state index in [4.69, 9.17) is 24.9 Å². The molecule has 0 saturated heterocycles. The van der Waals surface area contributed by atoms with Crippen molar-refractivity contribution < 1.29 is 0 Å². The number of nitrogens with zero attached hydrogens (tertiary/aromatic N) is 5. The van der Waals surface area contributed by atoms with Gasteiger partial charge in [0.15, 0.2) is 5.82 Å². The molecule has 5 nitrogen and oxygen atoms in total. The topological polar surface area (TPSA) is 64.5 Å². The van der Waals surface area contributed by atoms with Gasteiger partial charge in [0.25, 0.3) is 0 Å². The molecule has 4 heterocycles. The summed E-state index contributed by atoms with van der Waals surface area (Å²) < 4.78 is 0. The Morgan fingerprint density at radius 1 is 0.222 bits per heavy atom. The molecule has 0 N–H and O–H groups in total. The summed E-state index contributed by atoms with van der Waals surface area (Å²) in [6.45, 7) is 0. The molecule has 0 saturated carbocycles. The second-order valence-corrected chi connectivity index (χ2v) is 13.0. The Hall–Kier alpha value is -7.37. The van der Waals surface area contributed by atoms with Gasteiger partial charge in [-0.15, -0.1) is 0 Å². The molecule has 0 amide bonds. The molecule has 5 aromatic carbocycles. The maximum atomic E-state index is 5.22. The first kappa shape index (κ1) is 32.5. The molecule has 0 unspecified atom stereocenters. The third-order valence-corrected chi connectivity index (χ3v) is 9.35. The van der Waals surface area contributed by atoms with Gasteiger partial charge in [-0.05, 0) is 64.7 Å². The normalized spacial score (nSPS) is 11.0. The molecule has 0 atom stereocenters. The fourth-order valence-corrected chi connectivity index (χ4v) is 6.57. The average Bonchev–Trinajstić information content (AvgIpc) is 3.27. The van der Waals surface area contributed by atoms with E-state index in [1.54, 1.807) is 0 Å². The number of aromatic nitrogens is 5. The van der Waals surface area contributed by atoms with Crippen LogP contribution in [0.25, 0.3) is 90.2 Å². The van der Waals surface area contributed by atoms with Gasteiger partial charge in [-0.25, -0.2) is 19.9 Å². The van der Waals surface area contributed by atoms with E-state index in [0.29, 0.717) is 5.82 Å². The van der Waals surface area contributed by atoms with E-state index in [2.05, 4.69) is 109 Å². The van der Waals surface area contributed by atoms with Crippen LogP contribution in [0.1, 0.15) is 0 Å². The van der Waals surface area contributed by atoms with Gasteiger partial charge < -0.3 is 0 Å². The Bertz CT molecular complexity index is 2550. The molecule has 5 heteroatoms. The molecule has 9 rings (SSSR count). The maximum Gasteiger partial charge on any atom is 0.161 e. The maximum absolute atomic E-state index is 5.22. The summed E-state index contributed by atoms with van der Waals surface area (Å²) in [5.74, 6) is 0.608. The van der Waals surface area contributed by atoms with E-state index in [1.807, 2.05) is 91.1 Å². The van der Waals surface area contributed by atoms with Crippen molar-refractivity contribution in [3.63, 3.8) is 0 Å². The lowest BCUT2D eigenvalue weighted by Crippen LogP contribution is -1.98. The van der Waals surface area contributed by atoms with Crippen molar-refractivity contribution in [2.75, 3.05) is 0 Å². The first-order valence-corrected chi connectivity index (χ1v) is 17.9. The van der Waals surface area contributed by atoms with Gasteiger partial charge in [-0.1, -0.05) is 152 Å². The van der Waals surface area contributed by atoms with Gasteiger partial charge >= 0.3 is 0 Å². The zero-order chi connectivity index (χ0) is 36.1. The Kier molecular flexibility index (Phi) is 8.86. The van der Waals surface area contributed by atoms with Gasteiger partial charge in [0.2, 0.25) is 0 Å². The quantitative estimate of drug-likeness (QED) is 0.159. The van der Waals surface area contributed by atoms with Gasteiger partial charge in [-0.3, -0.25) is 4.98 Å². The van der Waals surface area contributed by atoms with Crippen LogP contribution in [0.2, 0.25) is 0 Å². The summed E-state index contributed by atoms with van der Waals surface area (Å²) in [5.41, 5.74) is 13.8. The van der Waals surface area contributed by atoms with Crippen LogP contribution in [-0.4, -0.2) is 24.9 Å². The first-order chi connectivity index (χ1) is 26.7. The lowest BCUT2D eigenvalue weighted by molar-refractivity contribution is 1.17. The van der Waals surface area contributed by atoms with Crippen molar-refractivity contribution >= 4 is 0 Å². The van der Waals surface area contributed by atoms with Crippen LogP contribution in [0.5, 0.6) is 0 Å². The smallest absolute Gasteiger partial charge is 0.161 e. The van der Waals surface area contributed by atoms with Crippen molar-refractivity contribution in [3.8, 4) is 90.2 Å². The van der Waals surface area contributed by atoms with E-state index in [0.717, 1.165) is 84.4 Å². The number of pyridine rings is 3. The Labute approximate surface area is 314 Å². The third-order valence-electron chi connectivity index (χ3n) is 9.35. The third kappa shape index (κ3) is 6.94. The minimum Gasteiger partial charge on any atom is -0.254 e. The van der Waals surface area contributed by atoms with Crippen LogP contribution in [-0.2, 0) is 0 Å². The monoisotopic (exact) mass is 691 g/mol. The van der Waals surface area contributed by atoms with Crippen LogP contribution in [0.4, 0.5) is 0 Å². The van der Waals surface area contributed by atoms with Gasteiger partial charge in [0.1, 0.15) is 0 Å². The van der Waals surface area contributed by atoms with Crippen molar-refractivity contribution in [3.05, 3.63) is 200 Å². The summed E-state index contributed by atoms with van der Waals surface area (Å²) in [6.07, 6.45) is 1.84. The number of hydrogen-bond acceptors (Lipinski definition) is 5. The summed E-state index contributed by atoms with van der Waals surface area (Å²) >= 11 is 0. The zero-order valence-corrected chi connectivity index (χ0v) is 29.3. The molecule has 9 aromatic rings. The van der Waals surface area contributed by atoms with E-state index < -0.39 is 0 Å².